The van der Waals surface area contributed by atoms with Gasteiger partial charge in [0, 0.05) is 12.3 Å². The summed E-state index contributed by atoms with van der Waals surface area (Å²) in [6, 6.07) is 0.840. The molecule has 1 aromatic heterocycles. The molecule has 1 amide bonds. The van der Waals surface area contributed by atoms with Crippen LogP contribution in [0.2, 0.25) is 0 Å². The Labute approximate surface area is 71.3 Å². The minimum absolute atomic E-state index is 0.199. The molecule has 0 radical (unpaired) electrons. The molecular weight excluding hydrogens is 176 g/mol. The summed E-state index contributed by atoms with van der Waals surface area (Å²) in [6.07, 6.45) is 1.01. The average Bonchev–Trinajstić information content (AvgIpc) is 2.04. The van der Waals surface area contributed by atoms with Crippen molar-refractivity contribution in [3.8, 4) is 5.75 Å². The van der Waals surface area contributed by atoms with E-state index < -0.39 is 17.2 Å². The van der Waals surface area contributed by atoms with E-state index in [9.17, 15) is 9.59 Å². The molecule has 0 atom stereocenters. The molecule has 0 aliphatic heterocycles. The summed E-state index contributed by atoms with van der Waals surface area (Å²) in [7, 11) is 0. The predicted molar refractivity (Wildman–Crippen MR) is 40.3 cm³/mol. The van der Waals surface area contributed by atoms with E-state index in [4.69, 9.17) is 10.6 Å². The molecule has 0 spiro atoms. The standard InChI is InChI=1S/C6H4N4O3/c7-10-9-6(13)3-2-8-5(12)1-4(3)11/h1-2,7H,(H-,8,11,12,13)/p+1. The van der Waals surface area contributed by atoms with E-state index >= 15 is 0 Å². The first-order chi connectivity index (χ1) is 6.15. The zero-order valence-corrected chi connectivity index (χ0v) is 6.31. The fourth-order valence-corrected chi connectivity index (χ4v) is 0.731. The van der Waals surface area contributed by atoms with Crippen LogP contribution in [0, 0.1) is 5.53 Å². The minimum Gasteiger partial charge on any atom is -0.507 e. The van der Waals surface area contributed by atoms with Crippen molar-refractivity contribution >= 4 is 5.91 Å². The third-order valence-corrected chi connectivity index (χ3v) is 1.27. The first-order valence-electron chi connectivity index (χ1n) is 3.18. The van der Waals surface area contributed by atoms with Crippen LogP contribution in [0.3, 0.4) is 0 Å². The Morgan fingerprint density at radius 3 is 2.92 bits per heavy atom. The van der Waals surface area contributed by atoms with Crippen LogP contribution in [0.25, 0.3) is 0 Å². The fraction of sp³-hybridized carbons (Fsp3) is 0. The molecule has 0 fully saturated rings. The first-order valence-corrected chi connectivity index (χ1v) is 3.18. The van der Waals surface area contributed by atoms with Gasteiger partial charge in [-0.25, -0.2) is 0 Å². The number of carbonyl (C=O) groups is 1. The predicted octanol–water partition coefficient (Wildman–Crippen LogP) is -0.229. The normalized spacial score (nSPS) is 8.92. The van der Waals surface area contributed by atoms with Gasteiger partial charge in [-0.2, -0.15) is 0 Å². The van der Waals surface area contributed by atoms with Crippen molar-refractivity contribution in [1.29, 1.82) is 5.53 Å². The molecule has 0 saturated carbocycles. The molecule has 0 bridgehead atoms. The van der Waals surface area contributed by atoms with Gasteiger partial charge in [0.2, 0.25) is 10.0 Å². The lowest BCUT2D eigenvalue weighted by atomic mass is 10.2. The summed E-state index contributed by atoms with van der Waals surface area (Å²) < 4.78 is 0. The van der Waals surface area contributed by atoms with Gasteiger partial charge in [-0.05, 0) is 0 Å². The van der Waals surface area contributed by atoms with E-state index in [1.54, 1.807) is 0 Å². The second kappa shape index (κ2) is 3.42. The van der Waals surface area contributed by atoms with Crippen molar-refractivity contribution in [2.24, 2.45) is 5.11 Å². The number of amides is 1. The number of pyridine rings is 1. The monoisotopic (exact) mass is 181 g/mol. The highest BCUT2D eigenvalue weighted by Gasteiger charge is 2.14. The Morgan fingerprint density at radius 1 is 1.69 bits per heavy atom. The smallest absolute Gasteiger partial charge is 0.365 e. The molecule has 0 aromatic carbocycles. The van der Waals surface area contributed by atoms with Crippen molar-refractivity contribution < 1.29 is 9.90 Å². The van der Waals surface area contributed by atoms with Crippen LogP contribution in [-0.4, -0.2) is 16.0 Å². The number of hydrogen-bond donors (Lipinski definition) is 3. The number of rotatable bonds is 1. The Hall–Kier alpha value is -2.27. The second-order valence-corrected chi connectivity index (χ2v) is 2.10. The number of aromatic amines is 1. The molecule has 66 valence electrons. The highest BCUT2D eigenvalue weighted by atomic mass is 16.3. The summed E-state index contributed by atoms with van der Waals surface area (Å²) in [5.41, 5.74) is 5.55. The van der Waals surface area contributed by atoms with Crippen molar-refractivity contribution in [1.82, 2.24) is 9.90 Å². The number of nitrogens with zero attached hydrogens (tertiary/aromatic N) is 2. The number of H-pyrrole nitrogens is 1. The third kappa shape index (κ3) is 1.85. The summed E-state index contributed by atoms with van der Waals surface area (Å²) in [5.74, 6) is -1.37. The average molecular weight is 181 g/mol. The van der Waals surface area contributed by atoms with Gasteiger partial charge in [-0.3, -0.25) is 9.59 Å². The largest absolute Gasteiger partial charge is 0.507 e. The number of carbonyl (C=O) groups excluding carboxylic acids is 1. The Kier molecular flexibility index (Phi) is 2.32. The van der Waals surface area contributed by atoms with Crippen molar-refractivity contribution in [2.45, 2.75) is 0 Å². The highest BCUT2D eigenvalue weighted by Crippen LogP contribution is 2.12. The zero-order chi connectivity index (χ0) is 9.84. The molecule has 1 aromatic rings. The zero-order valence-electron chi connectivity index (χ0n) is 6.31. The Bertz CT molecular complexity index is 443. The molecule has 0 aliphatic carbocycles. The maximum atomic E-state index is 10.9. The van der Waals surface area contributed by atoms with Gasteiger partial charge in [0.1, 0.15) is 16.8 Å². The van der Waals surface area contributed by atoms with Gasteiger partial charge >= 0.3 is 5.91 Å². The lowest BCUT2D eigenvalue weighted by molar-refractivity contribution is 0.0989. The van der Waals surface area contributed by atoms with Crippen molar-refractivity contribution in [3.63, 3.8) is 0 Å². The van der Waals surface area contributed by atoms with E-state index in [1.807, 2.05) is 0 Å². The summed E-state index contributed by atoms with van der Waals surface area (Å²) in [5, 5.41) is 11.9. The Morgan fingerprint density at radius 2 is 2.38 bits per heavy atom. The molecule has 0 unspecified atom stereocenters. The molecule has 7 nitrogen and oxygen atoms in total. The summed E-state index contributed by atoms with van der Waals surface area (Å²) in [6.45, 7) is 0. The number of aromatic hydroxyl groups is 1. The molecule has 13 heavy (non-hydrogen) atoms. The van der Waals surface area contributed by atoms with Crippen LogP contribution in [0.5, 0.6) is 5.75 Å². The maximum Gasteiger partial charge on any atom is 0.365 e. The fourth-order valence-electron chi connectivity index (χ4n) is 0.731. The minimum atomic E-state index is -0.885. The maximum absolute atomic E-state index is 10.9. The van der Waals surface area contributed by atoms with E-state index in [2.05, 4.69) is 15.0 Å². The van der Waals surface area contributed by atoms with E-state index in [0.717, 1.165) is 12.3 Å². The third-order valence-electron chi connectivity index (χ3n) is 1.27. The van der Waals surface area contributed by atoms with E-state index in [-0.39, 0.29) is 5.56 Å². The molecule has 0 aliphatic rings. The van der Waals surface area contributed by atoms with Crippen LogP contribution in [-0.2, 0) is 0 Å². The number of nitrogens with one attached hydrogen (secondary N) is 2. The quantitative estimate of drug-likeness (QED) is 0.409. The van der Waals surface area contributed by atoms with Crippen LogP contribution in [0.15, 0.2) is 22.2 Å². The van der Waals surface area contributed by atoms with Gasteiger partial charge in [0.15, 0.2) is 0 Å². The van der Waals surface area contributed by atoms with Crippen molar-refractivity contribution in [3.05, 3.63) is 28.2 Å². The number of aromatic nitrogens is 1. The lowest BCUT2D eigenvalue weighted by Crippen LogP contribution is -2.06. The molecule has 3 N–H and O–H groups in total. The van der Waals surface area contributed by atoms with Gasteiger partial charge in [0.25, 0.3) is 5.56 Å². The van der Waals surface area contributed by atoms with Crippen LogP contribution in [0.1, 0.15) is 10.4 Å². The van der Waals surface area contributed by atoms with Crippen LogP contribution in [0.4, 0.5) is 0 Å². The summed E-state index contributed by atoms with van der Waals surface area (Å²) >= 11 is 0. The molecule has 0 saturated heterocycles. The van der Waals surface area contributed by atoms with Crippen molar-refractivity contribution in [2.75, 3.05) is 0 Å². The second-order valence-electron chi connectivity index (χ2n) is 2.10. The molecule has 1 rings (SSSR count). The van der Waals surface area contributed by atoms with E-state index in [1.165, 1.54) is 0 Å². The number of hydrogen-bond acceptors (Lipinski definition) is 4. The Balaban J connectivity index is 3.23. The van der Waals surface area contributed by atoms with Gasteiger partial charge in [-0.1, -0.05) is 0 Å². The SMILES string of the molecule is N=[N+]=NC(=O)c1c[nH]c(=O)cc1O. The van der Waals surface area contributed by atoms with Gasteiger partial charge in [0.05, 0.1) is 0 Å². The topological polar surface area (TPSA) is 120 Å². The molecule has 1 heterocycles. The molecule has 7 heteroatoms. The van der Waals surface area contributed by atoms with Crippen LogP contribution < -0.4 is 10.5 Å². The molecular formula is C6H5N4O3+. The van der Waals surface area contributed by atoms with Gasteiger partial charge in [-0.15, -0.1) is 0 Å². The van der Waals surface area contributed by atoms with Crippen LogP contribution >= 0.6 is 0 Å². The highest BCUT2D eigenvalue weighted by molar-refractivity contribution is 5.96. The van der Waals surface area contributed by atoms with Gasteiger partial charge < -0.3 is 10.1 Å². The van der Waals surface area contributed by atoms with E-state index in [0.29, 0.717) is 0 Å². The first kappa shape index (κ1) is 8.82. The lowest BCUT2D eigenvalue weighted by Gasteiger charge is -1.93. The summed E-state index contributed by atoms with van der Waals surface area (Å²) in [4.78, 5) is 26.2.